The van der Waals surface area contributed by atoms with Crippen LogP contribution < -0.4 is 16.0 Å². The van der Waals surface area contributed by atoms with Crippen molar-refractivity contribution in [1.82, 2.24) is 16.0 Å². The van der Waals surface area contributed by atoms with Gasteiger partial charge in [0.15, 0.2) is 25.2 Å². The van der Waals surface area contributed by atoms with Gasteiger partial charge in [0.25, 0.3) is 5.79 Å². The first-order valence-electron chi connectivity index (χ1n) is 22.1. The molecule has 0 aromatic heterocycles. The maximum Gasteiger partial charge on any atom is 0.364 e. The molecule has 404 valence electrons. The number of amides is 3. The van der Waals surface area contributed by atoms with E-state index in [0.717, 1.165) is 20.8 Å². The van der Waals surface area contributed by atoms with Crippen LogP contribution in [0.1, 0.15) is 34.1 Å². The summed E-state index contributed by atoms with van der Waals surface area (Å²) in [6.07, 6.45) is -43.2. The van der Waals surface area contributed by atoms with E-state index in [4.69, 9.17) is 42.6 Å². The first-order valence-corrected chi connectivity index (χ1v) is 22.1. The van der Waals surface area contributed by atoms with Gasteiger partial charge in [-0.3, -0.25) is 14.4 Å². The zero-order valence-corrected chi connectivity index (χ0v) is 38.0. The second-order valence-electron chi connectivity index (χ2n) is 17.6. The predicted molar refractivity (Wildman–Crippen MR) is 217 cm³/mol. The number of carbonyl (C=O) groups excluding carboxylic acids is 3. The topological polar surface area (TPSA) is 491 Å². The summed E-state index contributed by atoms with van der Waals surface area (Å²) < 4.78 is 52.3. The van der Waals surface area contributed by atoms with Gasteiger partial charge in [0.2, 0.25) is 17.7 Å². The van der Waals surface area contributed by atoms with E-state index in [2.05, 4.69) is 16.0 Å². The van der Waals surface area contributed by atoms with Crippen LogP contribution in [-0.4, -0.2) is 286 Å². The summed E-state index contributed by atoms with van der Waals surface area (Å²) in [5.74, 6) is -7.49. The number of nitrogens with one attached hydrogen (secondary N) is 3. The molecule has 5 fully saturated rings. The van der Waals surface area contributed by atoms with E-state index < -0.39 is 215 Å². The monoisotopic (exact) mass is 1020 g/mol. The second-order valence-corrected chi connectivity index (χ2v) is 17.6. The molecule has 5 heterocycles. The Morgan fingerprint density at radius 3 is 1.67 bits per heavy atom. The van der Waals surface area contributed by atoms with Gasteiger partial charge in [-0.2, -0.15) is 0 Å². The maximum atomic E-state index is 13.0. The van der Waals surface area contributed by atoms with Crippen molar-refractivity contribution < 1.29 is 138 Å². The molecule has 0 aromatic rings. The number of aliphatic hydroxyl groups excluding tert-OH is 14. The van der Waals surface area contributed by atoms with E-state index in [1.807, 2.05) is 0 Å². The van der Waals surface area contributed by atoms with E-state index in [9.17, 15) is 95.8 Å². The van der Waals surface area contributed by atoms with Crippen molar-refractivity contribution in [1.29, 1.82) is 0 Å². The average molecular weight is 1020 g/mol. The molecule has 5 rings (SSSR count). The lowest BCUT2D eigenvalue weighted by atomic mass is 9.88. The van der Waals surface area contributed by atoms with E-state index >= 15 is 0 Å². The van der Waals surface area contributed by atoms with Crippen LogP contribution in [-0.2, 0) is 61.8 Å². The fraction of sp³-hybridized carbons (Fsp3) is 0.897. The van der Waals surface area contributed by atoms with Gasteiger partial charge in [-0.25, -0.2) is 4.79 Å². The highest BCUT2D eigenvalue weighted by Crippen LogP contribution is 2.38. The molecule has 18 N–H and O–H groups in total. The van der Waals surface area contributed by atoms with E-state index in [0.29, 0.717) is 0 Å². The summed E-state index contributed by atoms with van der Waals surface area (Å²) in [5, 5.41) is 167. The van der Waals surface area contributed by atoms with Crippen molar-refractivity contribution >= 4 is 23.7 Å². The zero-order chi connectivity index (χ0) is 52.3. The summed E-state index contributed by atoms with van der Waals surface area (Å²) in [4.78, 5) is 50.3. The molecular weight excluding hydrogens is 958 g/mol. The molecule has 0 spiro atoms. The fourth-order valence-electron chi connectivity index (χ4n) is 8.77. The second kappa shape index (κ2) is 24.3. The maximum absolute atomic E-state index is 13.0. The quantitative estimate of drug-likeness (QED) is 0.0606. The molecule has 31 heteroatoms. The molecule has 26 atom stereocenters. The Labute approximate surface area is 397 Å². The van der Waals surface area contributed by atoms with E-state index in [-0.39, 0.29) is 0 Å². The molecule has 0 aliphatic carbocycles. The van der Waals surface area contributed by atoms with Crippen molar-refractivity contribution in [3.05, 3.63) is 0 Å². The number of ether oxygens (including phenoxy) is 9. The first-order chi connectivity index (χ1) is 32.8. The van der Waals surface area contributed by atoms with Crippen LogP contribution in [0.2, 0.25) is 0 Å². The van der Waals surface area contributed by atoms with Gasteiger partial charge in [-0.1, -0.05) is 0 Å². The van der Waals surface area contributed by atoms with Crippen LogP contribution in [0.4, 0.5) is 0 Å². The third kappa shape index (κ3) is 12.6. The van der Waals surface area contributed by atoms with Gasteiger partial charge < -0.3 is 135 Å². The van der Waals surface area contributed by atoms with Gasteiger partial charge in [0, 0.05) is 27.2 Å². The Morgan fingerprint density at radius 2 is 1.11 bits per heavy atom. The number of rotatable bonds is 18. The first kappa shape index (κ1) is 57.9. The summed E-state index contributed by atoms with van der Waals surface area (Å²) in [6, 6.07) is -5.22. The summed E-state index contributed by atoms with van der Waals surface area (Å²) in [6.45, 7) is 0.0930. The minimum absolute atomic E-state index is 0.783. The molecular formula is C39H65N3O28. The minimum Gasteiger partial charge on any atom is -0.477 e. The van der Waals surface area contributed by atoms with Crippen molar-refractivity contribution in [2.24, 2.45) is 0 Å². The smallest absolute Gasteiger partial charge is 0.364 e. The van der Waals surface area contributed by atoms with Crippen LogP contribution in [0, 0.1) is 0 Å². The predicted octanol–water partition coefficient (Wildman–Crippen LogP) is -11.3. The standard InChI is InChI=1S/C39H65N3O28/c1-10-22(51)26(55)28(57)36(63-10)67-30-17(8-45)66-35(21(42-13(4)48)33(30)69-37-29(58)27(56)24(53)16(7-44)65-37)68-31-20(41-12(3)47)34(59)64-18(25(31)54)9-62-39(38(60)61)5-14(49)19(40-11(2)46)32(70-39)23(52)15(50)6-43/h10,14-37,43-45,49-59H,5-9H2,1-4H3,(H,40,46)(H,41,47)(H,42,48)(H,60,61)/t10-,14-,15+,16+,17+,18+,19+,20+,21+,22+,23+,24-,25-,26+,27-,28-,29+,30+,31+,32+,33+,34?,35-,36-,37-,39+/m0/s1. The van der Waals surface area contributed by atoms with Gasteiger partial charge >= 0.3 is 5.97 Å². The Kier molecular flexibility index (Phi) is 20.1. The Hall–Kier alpha value is -3.04. The molecule has 3 amide bonds. The molecule has 5 aliphatic heterocycles. The van der Waals surface area contributed by atoms with Crippen LogP contribution >= 0.6 is 0 Å². The highest BCUT2D eigenvalue weighted by molar-refractivity contribution is 5.77. The van der Waals surface area contributed by atoms with Gasteiger partial charge in [-0.15, -0.1) is 0 Å². The molecule has 0 aromatic carbocycles. The Bertz CT molecular complexity index is 1760. The van der Waals surface area contributed by atoms with Crippen LogP contribution in [0.25, 0.3) is 0 Å². The molecule has 0 radical (unpaired) electrons. The molecule has 0 saturated carbocycles. The van der Waals surface area contributed by atoms with Crippen molar-refractivity contribution in [3.8, 4) is 0 Å². The molecule has 0 bridgehead atoms. The molecule has 5 saturated heterocycles. The normalized spacial score (nSPS) is 45.5. The summed E-state index contributed by atoms with van der Waals surface area (Å²) in [7, 11) is 0. The fourth-order valence-corrected chi connectivity index (χ4v) is 8.77. The highest BCUT2D eigenvalue weighted by Gasteiger charge is 2.59. The minimum atomic E-state index is -2.99. The average Bonchev–Trinajstić information content (AvgIpc) is 3.30. The van der Waals surface area contributed by atoms with E-state index in [1.165, 1.54) is 6.92 Å². The van der Waals surface area contributed by atoms with Crippen molar-refractivity contribution in [2.45, 2.75) is 193 Å². The van der Waals surface area contributed by atoms with Crippen molar-refractivity contribution in [2.75, 3.05) is 26.4 Å². The SMILES string of the molecule is CC(=O)N[C@H]1[C@H](O[C@H]2[C@@H](O)[C@@H](CO[C@]3(C(=O)O)C[C@H](O)[C@@H](NC(C)=O)[C@H]([C@H](O)[C@H](O)CO)O3)OC(O)[C@@H]2NC(C)=O)O[C@H](CO)[C@@H](O[C@@H]2O[C@@H](C)[C@@H](O)[C@@H](O)[C@@H]2O)[C@@H]1O[C@@H]1O[C@H](CO)[C@H](O)[C@H](O)[C@H]1O. The number of aliphatic hydroxyl groups is 14. The number of aliphatic carboxylic acids is 1. The van der Waals surface area contributed by atoms with Gasteiger partial charge in [-0.05, 0) is 6.92 Å². The lowest BCUT2D eigenvalue weighted by Gasteiger charge is -2.51. The highest BCUT2D eigenvalue weighted by atomic mass is 16.8. The van der Waals surface area contributed by atoms with E-state index in [1.54, 1.807) is 0 Å². The zero-order valence-electron chi connectivity index (χ0n) is 38.0. The van der Waals surface area contributed by atoms with Crippen LogP contribution in [0.5, 0.6) is 0 Å². The van der Waals surface area contributed by atoms with Crippen LogP contribution in [0.15, 0.2) is 0 Å². The third-order valence-electron chi connectivity index (χ3n) is 12.5. The summed E-state index contributed by atoms with van der Waals surface area (Å²) in [5.41, 5.74) is 0. The largest absolute Gasteiger partial charge is 0.477 e. The van der Waals surface area contributed by atoms with Crippen molar-refractivity contribution in [3.63, 3.8) is 0 Å². The Morgan fingerprint density at radius 1 is 0.600 bits per heavy atom. The van der Waals surface area contributed by atoms with Crippen LogP contribution in [0.3, 0.4) is 0 Å². The molecule has 1 unspecified atom stereocenters. The Balaban J connectivity index is 1.52. The lowest BCUT2D eigenvalue weighted by molar-refractivity contribution is -0.382. The summed E-state index contributed by atoms with van der Waals surface area (Å²) >= 11 is 0. The number of carbonyl (C=O) groups is 4. The van der Waals surface area contributed by atoms with Gasteiger partial charge in [0.05, 0.1) is 44.7 Å². The molecule has 5 aliphatic rings. The van der Waals surface area contributed by atoms with Gasteiger partial charge in [0.1, 0.15) is 110 Å². The molecule has 31 nitrogen and oxygen atoms in total. The number of carboxylic acid groups (broad SMARTS) is 1. The number of hydrogen-bond acceptors (Lipinski definition) is 27. The third-order valence-corrected chi connectivity index (χ3v) is 12.5. The lowest BCUT2D eigenvalue weighted by Crippen LogP contribution is -2.72. The number of hydrogen-bond donors (Lipinski definition) is 18. The molecule has 70 heavy (non-hydrogen) atoms. The number of carboxylic acids is 1.